The summed E-state index contributed by atoms with van der Waals surface area (Å²) in [6.07, 6.45) is 1.54. The lowest BCUT2D eigenvalue weighted by Gasteiger charge is -2.14. The number of nitrogens with one attached hydrogen (secondary N) is 3. The Hall–Kier alpha value is -6.23. The van der Waals surface area contributed by atoms with E-state index in [0.29, 0.717) is 22.9 Å². The number of carbonyl (C=O) groups excluding carboxylic acids is 1. The van der Waals surface area contributed by atoms with Gasteiger partial charge in [0.1, 0.15) is 11.6 Å². The van der Waals surface area contributed by atoms with Gasteiger partial charge in [0.25, 0.3) is 0 Å². The van der Waals surface area contributed by atoms with E-state index in [2.05, 4.69) is 46.7 Å². The van der Waals surface area contributed by atoms with Gasteiger partial charge < -0.3 is 20.5 Å². The lowest BCUT2D eigenvalue weighted by Crippen LogP contribution is -2.21. The fraction of sp³-hybridized carbons (Fsp3) is 0.139. The molecule has 0 saturated carbocycles. The molecular weight excluding hydrogens is 594 g/mol. The first kappa shape index (κ1) is 30.8. The van der Waals surface area contributed by atoms with Crippen LogP contribution in [0.4, 0.5) is 27.9 Å². The smallest absolute Gasteiger partial charge is 0.335 e. The van der Waals surface area contributed by atoms with Crippen LogP contribution in [0, 0.1) is 6.92 Å². The average Bonchev–Trinajstić information content (AvgIpc) is 3.47. The lowest BCUT2D eigenvalue weighted by molar-refractivity contribution is 0.0697. The monoisotopic (exact) mass is 627 g/mol. The number of hydrogen-bond acceptors (Lipinski definition) is 7. The maximum atomic E-state index is 13.4. The van der Waals surface area contributed by atoms with Gasteiger partial charge in [-0.1, -0.05) is 68.8 Å². The van der Waals surface area contributed by atoms with Gasteiger partial charge >= 0.3 is 12.0 Å². The summed E-state index contributed by atoms with van der Waals surface area (Å²) in [5.74, 6) is 0.556. The molecule has 0 radical (unpaired) electrons. The number of nitrogens with zero attached hydrogens (tertiary/aromatic N) is 4. The Morgan fingerprint density at radius 1 is 0.851 bits per heavy atom. The van der Waals surface area contributed by atoms with Crippen LogP contribution in [-0.4, -0.2) is 36.9 Å². The van der Waals surface area contributed by atoms with Crippen LogP contribution in [0.15, 0.2) is 103 Å². The Labute approximate surface area is 271 Å². The van der Waals surface area contributed by atoms with Crippen LogP contribution >= 0.6 is 0 Å². The molecule has 0 atom stereocenters. The zero-order valence-electron chi connectivity index (χ0n) is 26.3. The number of carboxylic acid groups (broad SMARTS) is 1. The number of aryl methyl sites for hydroxylation is 1. The number of fused-ring (bicyclic) bond motifs is 1. The van der Waals surface area contributed by atoms with Gasteiger partial charge in [0.05, 0.1) is 22.6 Å². The molecule has 4 aromatic carbocycles. The number of carboxylic acids is 1. The highest BCUT2D eigenvalue weighted by molar-refractivity contribution is 6.07. The molecule has 11 nitrogen and oxygen atoms in total. The van der Waals surface area contributed by atoms with Crippen molar-refractivity contribution < 1.29 is 19.4 Å². The maximum absolute atomic E-state index is 13.4. The molecule has 236 valence electrons. The van der Waals surface area contributed by atoms with Crippen LogP contribution in [0.3, 0.4) is 0 Å². The molecule has 0 spiro atoms. The van der Waals surface area contributed by atoms with E-state index in [-0.39, 0.29) is 22.8 Å². The van der Waals surface area contributed by atoms with Crippen molar-refractivity contribution in [2.24, 2.45) is 0 Å². The highest BCUT2D eigenvalue weighted by Gasteiger charge is 2.22. The number of aromatic nitrogens is 4. The normalized spacial score (nSPS) is 11.2. The van der Waals surface area contributed by atoms with E-state index in [1.807, 2.05) is 61.5 Å². The average molecular weight is 628 g/mol. The summed E-state index contributed by atoms with van der Waals surface area (Å²) in [5, 5.41) is 24.6. The van der Waals surface area contributed by atoms with E-state index in [4.69, 9.17) is 9.84 Å². The highest BCUT2D eigenvalue weighted by atomic mass is 16.5. The Balaban J connectivity index is 1.22. The zero-order chi connectivity index (χ0) is 33.1. The lowest BCUT2D eigenvalue weighted by atomic mass is 9.92. The molecule has 6 aromatic rings. The number of anilines is 4. The summed E-state index contributed by atoms with van der Waals surface area (Å²) in [6.45, 7) is 8.25. The number of urea groups is 1. The second kappa shape index (κ2) is 12.6. The van der Waals surface area contributed by atoms with Crippen molar-refractivity contribution in [3.8, 4) is 17.3 Å². The molecule has 2 amide bonds. The third kappa shape index (κ3) is 7.04. The molecule has 0 fully saturated rings. The van der Waals surface area contributed by atoms with Gasteiger partial charge in [0.15, 0.2) is 0 Å². The van der Waals surface area contributed by atoms with E-state index in [1.165, 1.54) is 12.1 Å². The Kier molecular flexibility index (Phi) is 8.28. The fourth-order valence-electron chi connectivity index (χ4n) is 4.89. The summed E-state index contributed by atoms with van der Waals surface area (Å²) in [4.78, 5) is 33.4. The summed E-state index contributed by atoms with van der Waals surface area (Å²) in [5.41, 5.74) is 3.85. The summed E-state index contributed by atoms with van der Waals surface area (Å²) < 4.78 is 7.91. The van der Waals surface area contributed by atoms with Crippen LogP contribution in [0.2, 0.25) is 0 Å². The van der Waals surface area contributed by atoms with Crippen molar-refractivity contribution in [2.45, 2.75) is 33.1 Å². The van der Waals surface area contributed by atoms with Crippen molar-refractivity contribution in [1.82, 2.24) is 19.7 Å². The molecule has 6 rings (SSSR count). The fourth-order valence-corrected chi connectivity index (χ4v) is 4.89. The quantitative estimate of drug-likeness (QED) is 0.132. The van der Waals surface area contributed by atoms with E-state index < -0.39 is 12.0 Å². The van der Waals surface area contributed by atoms with Crippen LogP contribution in [0.5, 0.6) is 11.6 Å². The number of hydrogen-bond donors (Lipinski definition) is 4. The summed E-state index contributed by atoms with van der Waals surface area (Å²) >= 11 is 0. The van der Waals surface area contributed by atoms with Gasteiger partial charge in [-0.05, 0) is 49.4 Å². The van der Waals surface area contributed by atoms with Crippen molar-refractivity contribution in [1.29, 1.82) is 0 Å². The molecule has 4 N–H and O–H groups in total. The van der Waals surface area contributed by atoms with Gasteiger partial charge in [-0.25, -0.2) is 19.3 Å². The summed E-state index contributed by atoms with van der Waals surface area (Å²) in [6, 6.07) is 28.5. The zero-order valence-corrected chi connectivity index (χ0v) is 26.3. The van der Waals surface area contributed by atoms with Gasteiger partial charge in [0.2, 0.25) is 11.8 Å². The second-order valence-electron chi connectivity index (χ2n) is 12.0. The maximum Gasteiger partial charge on any atom is 0.335 e. The molecular formula is C36H33N7O4. The van der Waals surface area contributed by atoms with Crippen LogP contribution in [0.25, 0.3) is 16.5 Å². The number of ether oxygens (including phenoxy) is 1. The minimum atomic E-state index is -1.03. The van der Waals surface area contributed by atoms with Crippen molar-refractivity contribution in [3.63, 3.8) is 0 Å². The van der Waals surface area contributed by atoms with Gasteiger partial charge in [-0.15, -0.1) is 0 Å². The van der Waals surface area contributed by atoms with E-state index in [0.717, 1.165) is 27.7 Å². The third-order valence-electron chi connectivity index (χ3n) is 7.34. The SMILES string of the molecule is Cc1ccc(-n2nc(C(C)(C)C)cc2NC(=O)Nc2ccc(Oc3ccnc(Nc4cccc(C(=O)O)c4)n3)c3ccccc23)cc1. The molecule has 0 saturated heterocycles. The number of aromatic carboxylic acids is 1. The first-order valence-electron chi connectivity index (χ1n) is 14.9. The van der Waals surface area contributed by atoms with Gasteiger partial charge in [0, 0.05) is 40.2 Å². The van der Waals surface area contributed by atoms with Gasteiger partial charge in [-0.2, -0.15) is 10.1 Å². The predicted octanol–water partition coefficient (Wildman–Crippen LogP) is 8.30. The first-order valence-corrected chi connectivity index (χ1v) is 14.9. The van der Waals surface area contributed by atoms with Crippen LogP contribution in [0.1, 0.15) is 42.4 Å². The first-order chi connectivity index (χ1) is 22.5. The number of rotatable bonds is 8. The minimum absolute atomic E-state index is 0.141. The minimum Gasteiger partial charge on any atom is -0.478 e. The van der Waals surface area contributed by atoms with E-state index >= 15 is 0 Å². The summed E-state index contributed by atoms with van der Waals surface area (Å²) in [7, 11) is 0. The predicted molar refractivity (Wildman–Crippen MR) is 182 cm³/mol. The molecule has 0 unspecified atom stereocenters. The number of amides is 2. The topological polar surface area (TPSA) is 143 Å². The Morgan fingerprint density at radius 2 is 1.62 bits per heavy atom. The molecule has 0 aliphatic carbocycles. The molecule has 11 heteroatoms. The molecule has 0 aliphatic rings. The van der Waals surface area contributed by atoms with Crippen LogP contribution in [-0.2, 0) is 5.41 Å². The van der Waals surface area contributed by atoms with E-state index in [9.17, 15) is 14.7 Å². The molecule has 2 aromatic heterocycles. The standard InChI is InChI=1S/C36H33N7O4/c1-22-12-14-25(15-13-22)43-31(21-30(42-43)36(2,3)4)40-35(46)39-28-16-17-29(27-11-6-5-10-26(27)28)47-32-18-19-37-34(41-32)38-24-9-7-8-23(20-24)33(44)45/h5-21H,1-4H3,(H,44,45)(H,37,38,41)(H2,39,40,46). The van der Waals surface area contributed by atoms with Crippen molar-refractivity contribution >= 4 is 45.9 Å². The number of benzene rings is 4. The molecule has 2 heterocycles. The van der Waals surface area contributed by atoms with E-state index in [1.54, 1.807) is 41.2 Å². The van der Waals surface area contributed by atoms with Crippen molar-refractivity contribution in [2.75, 3.05) is 16.0 Å². The molecule has 0 aliphatic heterocycles. The molecule has 47 heavy (non-hydrogen) atoms. The Bertz CT molecular complexity index is 2100. The number of carbonyl (C=O) groups is 2. The largest absolute Gasteiger partial charge is 0.478 e. The Morgan fingerprint density at radius 3 is 2.36 bits per heavy atom. The third-order valence-corrected chi connectivity index (χ3v) is 7.34. The van der Waals surface area contributed by atoms with Crippen LogP contribution < -0.4 is 20.7 Å². The highest BCUT2D eigenvalue weighted by Crippen LogP contribution is 2.34. The van der Waals surface area contributed by atoms with Gasteiger partial charge in [-0.3, -0.25) is 5.32 Å². The molecule has 0 bridgehead atoms. The van der Waals surface area contributed by atoms with Crippen molar-refractivity contribution in [3.05, 3.63) is 120 Å². The second-order valence-corrected chi connectivity index (χ2v) is 12.0.